The van der Waals surface area contributed by atoms with Gasteiger partial charge in [0.1, 0.15) is 0 Å². The smallest absolute Gasteiger partial charge is 0.240 e. The van der Waals surface area contributed by atoms with Crippen LogP contribution in [0.25, 0.3) is 0 Å². The van der Waals surface area contributed by atoms with Crippen molar-refractivity contribution in [3.05, 3.63) is 0 Å². The van der Waals surface area contributed by atoms with Gasteiger partial charge in [-0.2, -0.15) is 0 Å². The topological polar surface area (TPSA) is 32.3 Å². The van der Waals surface area contributed by atoms with Crippen molar-refractivity contribution in [2.24, 2.45) is 5.92 Å². The fourth-order valence-electron chi connectivity index (χ4n) is 2.35. The number of likely N-dealkylation sites (tertiary alicyclic amines) is 1. The highest BCUT2D eigenvalue weighted by Gasteiger charge is 2.35. The minimum absolute atomic E-state index is 0.0581. The summed E-state index contributed by atoms with van der Waals surface area (Å²) in [5.74, 6) is 0.840. The van der Waals surface area contributed by atoms with E-state index < -0.39 is 0 Å². The average Bonchev–Trinajstić information content (AvgIpc) is 2.49. The van der Waals surface area contributed by atoms with Crippen molar-refractivity contribution in [1.82, 2.24) is 10.2 Å². The zero-order chi connectivity index (χ0) is 10.7. The Morgan fingerprint density at radius 2 is 2.21 bits per heavy atom. The van der Waals surface area contributed by atoms with E-state index in [0.717, 1.165) is 19.4 Å². The summed E-state index contributed by atoms with van der Waals surface area (Å²) in [6.07, 6.45) is 2.01. The highest BCUT2D eigenvalue weighted by atomic mass is 16.2. The molecular weight excluding hydrogens is 176 g/mol. The number of nitrogens with one attached hydrogen (secondary N) is 1. The van der Waals surface area contributed by atoms with Crippen LogP contribution in [0.5, 0.6) is 0 Å². The van der Waals surface area contributed by atoms with Gasteiger partial charge in [0.15, 0.2) is 0 Å². The molecule has 0 radical (unpaired) electrons. The Morgan fingerprint density at radius 1 is 1.57 bits per heavy atom. The molecule has 1 aliphatic rings. The lowest BCUT2D eigenvalue weighted by Crippen LogP contribution is -2.43. The van der Waals surface area contributed by atoms with Crippen LogP contribution in [0.1, 0.15) is 33.6 Å². The average molecular weight is 198 g/mol. The molecule has 1 fully saturated rings. The molecule has 0 aromatic heterocycles. The van der Waals surface area contributed by atoms with Crippen molar-refractivity contribution in [3.8, 4) is 0 Å². The molecular formula is C11H22N2O. The molecule has 82 valence electrons. The molecule has 1 N–H and O–H groups in total. The third kappa shape index (κ3) is 2.08. The Bertz CT molecular complexity index is 203. The summed E-state index contributed by atoms with van der Waals surface area (Å²) >= 11 is 0. The molecule has 0 bridgehead atoms. The van der Waals surface area contributed by atoms with Gasteiger partial charge < -0.3 is 10.2 Å². The summed E-state index contributed by atoms with van der Waals surface area (Å²) in [6.45, 7) is 7.45. The van der Waals surface area contributed by atoms with Gasteiger partial charge in [-0.3, -0.25) is 4.79 Å². The second-order valence-corrected chi connectivity index (χ2v) is 4.38. The highest BCUT2D eigenvalue weighted by Crippen LogP contribution is 2.21. The minimum atomic E-state index is 0.0581. The fraction of sp³-hybridized carbons (Fsp3) is 0.909. The van der Waals surface area contributed by atoms with E-state index in [1.165, 1.54) is 0 Å². The van der Waals surface area contributed by atoms with Crippen molar-refractivity contribution in [3.63, 3.8) is 0 Å². The van der Waals surface area contributed by atoms with Gasteiger partial charge >= 0.3 is 0 Å². The Labute approximate surface area is 86.9 Å². The molecule has 0 aromatic rings. The van der Waals surface area contributed by atoms with E-state index in [0.29, 0.717) is 12.0 Å². The molecule has 1 aliphatic heterocycles. The SMILES string of the molecule is CCC(C(C)C)N1CCC(NC)C1=O. The van der Waals surface area contributed by atoms with E-state index in [4.69, 9.17) is 0 Å². The monoisotopic (exact) mass is 198 g/mol. The number of carbonyl (C=O) groups is 1. The molecule has 0 spiro atoms. The maximum Gasteiger partial charge on any atom is 0.240 e. The predicted octanol–water partition coefficient (Wildman–Crippen LogP) is 1.24. The van der Waals surface area contributed by atoms with Crippen LogP contribution in [0.4, 0.5) is 0 Å². The first-order chi connectivity index (χ1) is 6.61. The Kier molecular flexibility index (Phi) is 3.93. The van der Waals surface area contributed by atoms with Crippen molar-refractivity contribution >= 4 is 5.91 Å². The third-order valence-corrected chi connectivity index (χ3v) is 3.18. The summed E-state index contributed by atoms with van der Waals surface area (Å²) in [7, 11) is 1.86. The number of rotatable bonds is 4. The lowest BCUT2D eigenvalue weighted by atomic mass is 10.0. The fourth-order valence-corrected chi connectivity index (χ4v) is 2.35. The molecule has 1 rings (SSSR count). The first-order valence-corrected chi connectivity index (χ1v) is 5.59. The zero-order valence-corrected chi connectivity index (χ0v) is 9.71. The maximum atomic E-state index is 11.9. The maximum absolute atomic E-state index is 11.9. The van der Waals surface area contributed by atoms with Gasteiger partial charge in [0, 0.05) is 12.6 Å². The van der Waals surface area contributed by atoms with Crippen molar-refractivity contribution in [2.45, 2.75) is 45.7 Å². The second kappa shape index (κ2) is 4.78. The minimum Gasteiger partial charge on any atom is -0.338 e. The Hall–Kier alpha value is -0.570. The molecule has 0 saturated carbocycles. The lowest BCUT2D eigenvalue weighted by molar-refractivity contribution is -0.132. The number of likely N-dealkylation sites (N-methyl/N-ethyl adjacent to an activating group) is 1. The molecule has 2 atom stereocenters. The van der Waals surface area contributed by atoms with Gasteiger partial charge in [-0.15, -0.1) is 0 Å². The number of carbonyl (C=O) groups excluding carboxylic acids is 1. The Balaban J connectivity index is 2.65. The van der Waals surface area contributed by atoms with Crippen molar-refractivity contribution in [1.29, 1.82) is 0 Å². The van der Waals surface area contributed by atoms with Crippen LogP contribution < -0.4 is 5.32 Å². The Morgan fingerprint density at radius 3 is 2.57 bits per heavy atom. The standard InChI is InChI=1S/C11H22N2O/c1-5-10(8(2)3)13-7-6-9(12-4)11(13)14/h8-10,12H,5-7H2,1-4H3. The molecule has 1 amide bonds. The predicted molar refractivity (Wildman–Crippen MR) is 58.1 cm³/mol. The number of hydrogen-bond donors (Lipinski definition) is 1. The number of nitrogens with zero attached hydrogens (tertiary/aromatic N) is 1. The first-order valence-electron chi connectivity index (χ1n) is 5.59. The van der Waals surface area contributed by atoms with E-state index in [9.17, 15) is 4.79 Å². The molecule has 2 unspecified atom stereocenters. The van der Waals surface area contributed by atoms with Crippen LogP contribution in [0.15, 0.2) is 0 Å². The molecule has 1 heterocycles. The largest absolute Gasteiger partial charge is 0.338 e. The van der Waals surface area contributed by atoms with Crippen LogP contribution in [0.2, 0.25) is 0 Å². The van der Waals surface area contributed by atoms with E-state index in [1.54, 1.807) is 0 Å². The molecule has 3 heteroatoms. The molecule has 3 nitrogen and oxygen atoms in total. The number of hydrogen-bond acceptors (Lipinski definition) is 2. The summed E-state index contributed by atoms with van der Waals surface area (Å²) in [4.78, 5) is 14.0. The molecule has 0 aliphatic carbocycles. The summed E-state index contributed by atoms with van der Waals surface area (Å²) in [5.41, 5.74) is 0. The lowest BCUT2D eigenvalue weighted by Gasteiger charge is -2.30. The molecule has 0 aromatic carbocycles. The van der Waals surface area contributed by atoms with Crippen LogP contribution in [0, 0.1) is 5.92 Å². The molecule has 14 heavy (non-hydrogen) atoms. The van der Waals surface area contributed by atoms with Crippen molar-refractivity contribution < 1.29 is 4.79 Å². The van der Waals surface area contributed by atoms with Gasteiger partial charge in [-0.05, 0) is 25.8 Å². The van der Waals surface area contributed by atoms with Crippen LogP contribution in [-0.4, -0.2) is 36.5 Å². The second-order valence-electron chi connectivity index (χ2n) is 4.38. The normalized spacial score (nSPS) is 24.8. The quantitative estimate of drug-likeness (QED) is 0.737. The number of amides is 1. The van der Waals surface area contributed by atoms with E-state index in [2.05, 4.69) is 26.1 Å². The third-order valence-electron chi connectivity index (χ3n) is 3.18. The van der Waals surface area contributed by atoms with Crippen molar-refractivity contribution in [2.75, 3.05) is 13.6 Å². The molecule has 1 saturated heterocycles. The van der Waals surface area contributed by atoms with Crippen LogP contribution in [-0.2, 0) is 4.79 Å². The van der Waals surface area contributed by atoms with Gasteiger partial charge in [0.25, 0.3) is 0 Å². The van der Waals surface area contributed by atoms with Crippen LogP contribution >= 0.6 is 0 Å². The van der Waals surface area contributed by atoms with E-state index >= 15 is 0 Å². The van der Waals surface area contributed by atoms with E-state index in [1.807, 2.05) is 11.9 Å². The van der Waals surface area contributed by atoms with Gasteiger partial charge in [0.2, 0.25) is 5.91 Å². The first kappa shape index (κ1) is 11.5. The summed E-state index contributed by atoms with van der Waals surface area (Å²) in [6, 6.07) is 0.476. The van der Waals surface area contributed by atoms with Gasteiger partial charge in [0.05, 0.1) is 6.04 Å². The summed E-state index contributed by atoms with van der Waals surface area (Å²) < 4.78 is 0. The van der Waals surface area contributed by atoms with Crippen LogP contribution in [0.3, 0.4) is 0 Å². The van der Waals surface area contributed by atoms with Gasteiger partial charge in [-0.1, -0.05) is 20.8 Å². The van der Waals surface area contributed by atoms with E-state index in [-0.39, 0.29) is 11.9 Å². The van der Waals surface area contributed by atoms with Gasteiger partial charge in [-0.25, -0.2) is 0 Å². The summed E-state index contributed by atoms with van der Waals surface area (Å²) in [5, 5.41) is 3.07. The zero-order valence-electron chi connectivity index (χ0n) is 9.71. The highest BCUT2D eigenvalue weighted by molar-refractivity contribution is 5.84.